The minimum absolute atomic E-state index is 0.168. The number of carbonyl (C=O) groups excluding carboxylic acids is 2. The Hall–Kier alpha value is -2.02. The molecule has 0 aromatic carbocycles. The van der Waals surface area contributed by atoms with E-state index in [0.717, 1.165) is 12.8 Å². The normalized spacial score (nSPS) is 18.7. The third-order valence-electron chi connectivity index (χ3n) is 3.41. The number of ether oxygens (including phenoxy) is 1. The van der Waals surface area contributed by atoms with Gasteiger partial charge in [-0.15, -0.1) is 0 Å². The van der Waals surface area contributed by atoms with Crippen molar-refractivity contribution < 1.29 is 14.3 Å². The van der Waals surface area contributed by atoms with Crippen LogP contribution in [0, 0.1) is 0 Å². The van der Waals surface area contributed by atoms with Gasteiger partial charge >= 0.3 is 6.09 Å². The van der Waals surface area contributed by atoms with E-state index in [9.17, 15) is 9.59 Å². The standard InChI is InChI=1S/C16H21ClN4O3/c1-16(2,3)24-15(23)21-9-5-4-6-12(21)14(22)20-10-11-13(17)19-8-7-18-11/h7-8,10,12H,4-6,9H2,1-3H3/t12-/m0/s1. The fourth-order valence-corrected chi connectivity index (χ4v) is 2.51. The van der Waals surface area contributed by atoms with Gasteiger partial charge in [-0.25, -0.2) is 14.8 Å². The molecule has 1 aromatic rings. The van der Waals surface area contributed by atoms with Crippen molar-refractivity contribution >= 4 is 29.8 Å². The molecule has 7 nitrogen and oxygen atoms in total. The molecular formula is C16H21ClN4O3. The molecule has 24 heavy (non-hydrogen) atoms. The number of hydrogen-bond donors (Lipinski definition) is 0. The molecular weight excluding hydrogens is 332 g/mol. The quantitative estimate of drug-likeness (QED) is 0.764. The number of rotatable bonds is 2. The molecule has 0 saturated carbocycles. The summed E-state index contributed by atoms with van der Waals surface area (Å²) >= 11 is 5.88. The lowest BCUT2D eigenvalue weighted by Gasteiger charge is -2.34. The van der Waals surface area contributed by atoms with Gasteiger partial charge < -0.3 is 4.74 Å². The predicted molar refractivity (Wildman–Crippen MR) is 90.2 cm³/mol. The Balaban J connectivity index is 2.10. The van der Waals surface area contributed by atoms with Crippen molar-refractivity contribution in [2.75, 3.05) is 6.54 Å². The minimum atomic E-state index is -0.625. The zero-order valence-corrected chi connectivity index (χ0v) is 14.8. The van der Waals surface area contributed by atoms with E-state index in [-0.39, 0.29) is 5.15 Å². The molecule has 1 aliphatic rings. The fraction of sp³-hybridized carbons (Fsp3) is 0.562. The summed E-state index contributed by atoms with van der Waals surface area (Å²) in [7, 11) is 0. The Morgan fingerprint density at radius 3 is 2.71 bits per heavy atom. The Bertz CT molecular complexity index is 642. The Morgan fingerprint density at radius 1 is 1.33 bits per heavy atom. The summed E-state index contributed by atoms with van der Waals surface area (Å²) in [5.74, 6) is -0.415. The van der Waals surface area contributed by atoms with Gasteiger partial charge in [0.15, 0.2) is 5.15 Å². The lowest BCUT2D eigenvalue weighted by molar-refractivity contribution is -0.124. The van der Waals surface area contributed by atoms with E-state index in [1.807, 2.05) is 0 Å². The van der Waals surface area contributed by atoms with E-state index in [1.54, 1.807) is 20.8 Å². The number of halogens is 1. The van der Waals surface area contributed by atoms with Crippen LogP contribution in [-0.2, 0) is 9.53 Å². The summed E-state index contributed by atoms with van der Waals surface area (Å²) in [6, 6.07) is -0.625. The minimum Gasteiger partial charge on any atom is -0.444 e. The van der Waals surface area contributed by atoms with Crippen molar-refractivity contribution in [3.8, 4) is 0 Å². The number of nitrogens with zero attached hydrogens (tertiary/aromatic N) is 4. The molecule has 0 N–H and O–H groups in total. The average molecular weight is 353 g/mol. The van der Waals surface area contributed by atoms with Gasteiger partial charge in [0.2, 0.25) is 0 Å². The Morgan fingerprint density at radius 2 is 2.04 bits per heavy atom. The number of hydrogen-bond acceptors (Lipinski definition) is 5. The lowest BCUT2D eigenvalue weighted by atomic mass is 10.0. The topological polar surface area (TPSA) is 84.8 Å². The predicted octanol–water partition coefficient (Wildman–Crippen LogP) is 2.87. The van der Waals surface area contributed by atoms with E-state index in [2.05, 4.69) is 15.0 Å². The number of amides is 2. The molecule has 1 aliphatic heterocycles. The van der Waals surface area contributed by atoms with Gasteiger partial charge in [-0.05, 0) is 40.0 Å². The van der Waals surface area contributed by atoms with E-state index in [0.29, 0.717) is 18.7 Å². The summed E-state index contributed by atoms with van der Waals surface area (Å²) in [6.45, 7) is 5.85. The number of aromatic nitrogens is 2. The van der Waals surface area contributed by atoms with Crippen LogP contribution in [0.2, 0.25) is 5.15 Å². The monoisotopic (exact) mass is 352 g/mol. The van der Waals surface area contributed by atoms with Gasteiger partial charge in [0, 0.05) is 18.9 Å². The first kappa shape index (κ1) is 18.3. The second kappa shape index (κ2) is 7.70. The van der Waals surface area contributed by atoms with Crippen LogP contribution < -0.4 is 0 Å². The fourth-order valence-electron chi connectivity index (χ4n) is 2.36. The maximum Gasteiger partial charge on any atom is 0.410 e. The summed E-state index contributed by atoms with van der Waals surface area (Å²) in [4.78, 5) is 38.0. The van der Waals surface area contributed by atoms with Crippen molar-refractivity contribution in [3.63, 3.8) is 0 Å². The highest BCUT2D eigenvalue weighted by Crippen LogP contribution is 2.21. The van der Waals surface area contributed by atoms with E-state index in [1.165, 1.54) is 23.5 Å². The van der Waals surface area contributed by atoms with E-state index < -0.39 is 23.6 Å². The number of carbonyl (C=O) groups is 2. The molecule has 1 fully saturated rings. The SMILES string of the molecule is CC(C)(C)OC(=O)N1CCCC[C@H]1C(=O)N=Cc1nccnc1Cl. The smallest absolute Gasteiger partial charge is 0.410 e. The molecule has 130 valence electrons. The summed E-state index contributed by atoms with van der Waals surface area (Å²) in [6.07, 6.45) is 5.95. The van der Waals surface area contributed by atoms with Crippen LogP contribution in [0.25, 0.3) is 0 Å². The largest absolute Gasteiger partial charge is 0.444 e. The van der Waals surface area contributed by atoms with Crippen molar-refractivity contribution in [1.82, 2.24) is 14.9 Å². The highest BCUT2D eigenvalue weighted by atomic mass is 35.5. The molecule has 2 amide bonds. The van der Waals surface area contributed by atoms with Crippen LogP contribution in [0.4, 0.5) is 4.79 Å². The zero-order chi connectivity index (χ0) is 17.7. The average Bonchev–Trinajstić information content (AvgIpc) is 2.52. The van der Waals surface area contributed by atoms with Crippen LogP contribution in [0.1, 0.15) is 45.7 Å². The summed E-state index contributed by atoms with van der Waals surface area (Å²) in [5.41, 5.74) is -0.300. The first-order valence-electron chi connectivity index (χ1n) is 7.82. The second-order valence-corrected chi connectivity index (χ2v) is 6.87. The van der Waals surface area contributed by atoms with Crippen molar-refractivity contribution in [1.29, 1.82) is 0 Å². The van der Waals surface area contributed by atoms with Crippen molar-refractivity contribution in [2.24, 2.45) is 4.99 Å². The lowest BCUT2D eigenvalue weighted by Crippen LogP contribution is -2.49. The zero-order valence-electron chi connectivity index (χ0n) is 14.0. The molecule has 0 bridgehead atoms. The first-order valence-corrected chi connectivity index (χ1v) is 8.20. The van der Waals surface area contributed by atoms with Crippen LogP contribution in [0.3, 0.4) is 0 Å². The van der Waals surface area contributed by atoms with Crippen LogP contribution >= 0.6 is 11.6 Å². The van der Waals surface area contributed by atoms with Gasteiger partial charge in [0.25, 0.3) is 5.91 Å². The number of aliphatic imine (C=N–C) groups is 1. The maximum absolute atomic E-state index is 12.4. The second-order valence-electron chi connectivity index (χ2n) is 6.51. The van der Waals surface area contributed by atoms with Crippen molar-refractivity contribution in [3.05, 3.63) is 23.2 Å². The molecule has 0 radical (unpaired) electrons. The third kappa shape index (κ3) is 4.99. The molecule has 1 atom stereocenters. The summed E-state index contributed by atoms with van der Waals surface area (Å²) in [5, 5.41) is 0.168. The first-order chi connectivity index (χ1) is 11.3. The van der Waals surface area contributed by atoms with E-state index in [4.69, 9.17) is 16.3 Å². The van der Waals surface area contributed by atoms with Crippen LogP contribution in [0.15, 0.2) is 17.4 Å². The van der Waals surface area contributed by atoms with Gasteiger partial charge in [-0.2, -0.15) is 0 Å². The highest BCUT2D eigenvalue weighted by Gasteiger charge is 2.34. The van der Waals surface area contributed by atoms with Gasteiger partial charge in [-0.3, -0.25) is 14.7 Å². The molecule has 0 aliphatic carbocycles. The molecule has 2 rings (SSSR count). The van der Waals surface area contributed by atoms with Gasteiger partial charge in [0.1, 0.15) is 17.3 Å². The van der Waals surface area contributed by atoms with Crippen LogP contribution in [-0.4, -0.2) is 51.3 Å². The molecule has 0 spiro atoms. The molecule has 0 unspecified atom stereocenters. The Kier molecular flexibility index (Phi) is 5.88. The molecule has 1 saturated heterocycles. The Labute approximate surface area is 146 Å². The maximum atomic E-state index is 12.4. The number of likely N-dealkylation sites (tertiary alicyclic amines) is 1. The van der Waals surface area contributed by atoms with Crippen LogP contribution in [0.5, 0.6) is 0 Å². The molecule has 1 aromatic heterocycles. The third-order valence-corrected chi connectivity index (χ3v) is 3.70. The van der Waals surface area contributed by atoms with Gasteiger partial charge in [-0.1, -0.05) is 11.6 Å². The number of piperidine rings is 1. The highest BCUT2D eigenvalue weighted by molar-refractivity contribution is 6.31. The van der Waals surface area contributed by atoms with E-state index >= 15 is 0 Å². The molecule has 8 heteroatoms. The summed E-state index contributed by atoms with van der Waals surface area (Å²) < 4.78 is 5.38. The van der Waals surface area contributed by atoms with Gasteiger partial charge in [0.05, 0.1) is 6.21 Å². The van der Waals surface area contributed by atoms with Crippen molar-refractivity contribution in [2.45, 2.75) is 51.7 Å². The molecule has 2 heterocycles.